The molecule has 0 N–H and O–H groups in total. The van der Waals surface area contributed by atoms with Crippen LogP contribution in [-0.4, -0.2) is 12.5 Å². The Labute approximate surface area is 196 Å². The average molecular weight is 484 g/mol. The van der Waals surface area contributed by atoms with Gasteiger partial charge in [-0.05, 0) is 75.1 Å². The summed E-state index contributed by atoms with van der Waals surface area (Å²) in [6.07, 6.45) is 1.95. The number of para-hydroxylation sites is 1. The Balaban J connectivity index is 1.37. The van der Waals surface area contributed by atoms with E-state index in [1.807, 2.05) is 72.5 Å². The summed E-state index contributed by atoms with van der Waals surface area (Å²) in [5.74, 6) is 0.815. The van der Waals surface area contributed by atoms with Crippen LogP contribution < -0.4 is 9.64 Å². The van der Waals surface area contributed by atoms with Crippen LogP contribution in [0.3, 0.4) is 0 Å². The largest absolute Gasteiger partial charge is 0.488 e. The summed E-state index contributed by atoms with van der Waals surface area (Å²) in [4.78, 5) is 14.7. The lowest BCUT2D eigenvalue weighted by Crippen LogP contribution is -2.25. The second-order valence-electron chi connectivity index (χ2n) is 7.78. The van der Waals surface area contributed by atoms with Crippen molar-refractivity contribution < 1.29 is 9.53 Å². The van der Waals surface area contributed by atoms with Gasteiger partial charge in [0.15, 0.2) is 0 Å². The van der Waals surface area contributed by atoms with Gasteiger partial charge < -0.3 is 9.64 Å². The number of rotatable bonds is 5. The number of hydrogen-bond acceptors (Lipinski definition) is 2. The first kappa shape index (κ1) is 20.5. The second kappa shape index (κ2) is 8.64. The van der Waals surface area contributed by atoms with Crippen molar-refractivity contribution in [2.75, 3.05) is 11.4 Å². The van der Waals surface area contributed by atoms with E-state index >= 15 is 0 Å². The Morgan fingerprint density at radius 2 is 1.69 bits per heavy atom. The maximum absolute atomic E-state index is 12.9. The zero-order valence-electron chi connectivity index (χ0n) is 17.7. The lowest BCUT2D eigenvalue weighted by atomic mass is 10.0. The Morgan fingerprint density at radius 1 is 0.906 bits per heavy atom. The van der Waals surface area contributed by atoms with Crippen molar-refractivity contribution in [3.8, 4) is 5.75 Å². The second-order valence-corrected chi connectivity index (χ2v) is 8.64. The highest BCUT2D eigenvalue weighted by molar-refractivity contribution is 9.10. The molecule has 158 valence electrons. The van der Waals surface area contributed by atoms with Gasteiger partial charge in [-0.15, -0.1) is 0 Å². The molecule has 0 spiro atoms. The third-order valence-electron chi connectivity index (χ3n) is 5.75. The van der Waals surface area contributed by atoms with Crippen molar-refractivity contribution in [3.05, 3.63) is 106 Å². The van der Waals surface area contributed by atoms with Crippen LogP contribution in [0, 0.1) is 0 Å². The molecule has 0 radical (unpaired) electrons. The molecule has 0 bridgehead atoms. The van der Waals surface area contributed by atoms with E-state index in [-0.39, 0.29) is 5.91 Å². The van der Waals surface area contributed by atoms with Crippen LogP contribution in [0.25, 0.3) is 22.4 Å². The fraction of sp³-hybridized carbons (Fsp3) is 0.107. The first-order valence-electron chi connectivity index (χ1n) is 10.7. The zero-order valence-corrected chi connectivity index (χ0v) is 19.3. The quantitative estimate of drug-likeness (QED) is 0.283. The molecule has 0 aromatic heterocycles. The molecule has 0 atom stereocenters. The molecule has 0 aliphatic carbocycles. The zero-order chi connectivity index (χ0) is 22.1. The van der Waals surface area contributed by atoms with Crippen molar-refractivity contribution in [1.29, 1.82) is 0 Å². The van der Waals surface area contributed by atoms with Crippen molar-refractivity contribution in [2.24, 2.45) is 0 Å². The summed E-state index contributed by atoms with van der Waals surface area (Å²) in [6.45, 7) is 3.13. The van der Waals surface area contributed by atoms with Gasteiger partial charge in [0.2, 0.25) is 0 Å². The molecule has 5 rings (SSSR count). The fourth-order valence-electron chi connectivity index (χ4n) is 4.14. The molecule has 0 fully saturated rings. The number of anilines is 1. The summed E-state index contributed by atoms with van der Waals surface area (Å²) in [5, 5.41) is 2.43. The Morgan fingerprint density at radius 3 is 2.50 bits per heavy atom. The van der Waals surface area contributed by atoms with Crippen LogP contribution in [0.5, 0.6) is 5.75 Å². The molecule has 1 aliphatic heterocycles. The standard InChI is InChI=1S/C28H22BrNO2/c1-2-30-26-10-6-5-9-23(26)24(28(30)31)16-19-12-14-27(25(29)17-19)32-18-20-11-13-21-7-3-4-8-22(21)15-20/h3-17H,2,18H2,1H3/b24-16-. The van der Waals surface area contributed by atoms with E-state index in [4.69, 9.17) is 4.74 Å². The Kier molecular flexibility index (Phi) is 5.54. The fourth-order valence-corrected chi connectivity index (χ4v) is 4.65. The third kappa shape index (κ3) is 3.82. The molecular formula is C28H22BrNO2. The number of carbonyl (C=O) groups is 1. The van der Waals surface area contributed by atoms with Gasteiger partial charge >= 0.3 is 0 Å². The highest BCUT2D eigenvalue weighted by atomic mass is 79.9. The predicted molar refractivity (Wildman–Crippen MR) is 135 cm³/mol. The number of fused-ring (bicyclic) bond motifs is 2. The van der Waals surface area contributed by atoms with Gasteiger partial charge in [-0.1, -0.05) is 60.7 Å². The first-order valence-corrected chi connectivity index (χ1v) is 11.5. The van der Waals surface area contributed by atoms with Crippen LogP contribution in [0.15, 0.2) is 89.4 Å². The Bertz CT molecular complexity index is 1360. The van der Waals surface area contributed by atoms with E-state index in [2.05, 4.69) is 46.3 Å². The summed E-state index contributed by atoms with van der Waals surface area (Å²) in [7, 11) is 0. The molecule has 4 aromatic rings. The van der Waals surface area contributed by atoms with E-state index < -0.39 is 0 Å². The summed E-state index contributed by atoms with van der Waals surface area (Å²) in [5.41, 5.74) is 4.74. The van der Waals surface area contributed by atoms with Crippen LogP contribution in [-0.2, 0) is 11.4 Å². The minimum atomic E-state index is 0.0430. The molecule has 4 heteroatoms. The third-order valence-corrected chi connectivity index (χ3v) is 6.37. The normalized spacial score (nSPS) is 14.2. The number of nitrogens with zero attached hydrogens (tertiary/aromatic N) is 1. The molecule has 0 saturated heterocycles. The minimum Gasteiger partial charge on any atom is -0.488 e. The number of likely N-dealkylation sites (N-methyl/N-ethyl adjacent to an activating group) is 1. The highest BCUT2D eigenvalue weighted by Gasteiger charge is 2.30. The molecule has 1 aliphatic rings. The van der Waals surface area contributed by atoms with Crippen LogP contribution in [0.2, 0.25) is 0 Å². The number of hydrogen-bond donors (Lipinski definition) is 0. The van der Waals surface area contributed by atoms with Gasteiger partial charge in [-0.25, -0.2) is 0 Å². The molecule has 4 aromatic carbocycles. The molecule has 3 nitrogen and oxygen atoms in total. The Hall–Kier alpha value is -3.37. The number of amides is 1. The average Bonchev–Trinajstić information content (AvgIpc) is 3.09. The van der Waals surface area contributed by atoms with E-state index in [1.54, 1.807) is 0 Å². The van der Waals surface area contributed by atoms with Crippen molar-refractivity contribution in [1.82, 2.24) is 0 Å². The van der Waals surface area contributed by atoms with Crippen molar-refractivity contribution in [2.45, 2.75) is 13.5 Å². The SMILES string of the molecule is CCN1C(=O)/C(=C\c2ccc(OCc3ccc4ccccc4c3)c(Br)c2)c2ccccc21. The molecule has 1 amide bonds. The minimum absolute atomic E-state index is 0.0430. The smallest absolute Gasteiger partial charge is 0.258 e. The van der Waals surface area contributed by atoms with Crippen LogP contribution >= 0.6 is 15.9 Å². The molecule has 32 heavy (non-hydrogen) atoms. The molecular weight excluding hydrogens is 462 g/mol. The van der Waals surface area contributed by atoms with E-state index in [0.717, 1.165) is 38.2 Å². The molecule has 1 heterocycles. The number of carbonyl (C=O) groups excluding carboxylic acids is 1. The van der Waals surface area contributed by atoms with Gasteiger partial charge in [0.05, 0.1) is 10.2 Å². The number of ether oxygens (including phenoxy) is 1. The first-order chi connectivity index (χ1) is 15.6. The maximum Gasteiger partial charge on any atom is 0.258 e. The summed E-state index contributed by atoms with van der Waals surface area (Å²) < 4.78 is 6.93. The lowest BCUT2D eigenvalue weighted by Gasteiger charge is -2.13. The van der Waals surface area contributed by atoms with Crippen LogP contribution in [0.4, 0.5) is 5.69 Å². The van der Waals surface area contributed by atoms with Gasteiger partial charge in [-0.3, -0.25) is 4.79 Å². The lowest BCUT2D eigenvalue weighted by molar-refractivity contribution is -0.112. The molecule has 0 unspecified atom stereocenters. The monoisotopic (exact) mass is 483 g/mol. The maximum atomic E-state index is 12.9. The van der Waals surface area contributed by atoms with E-state index in [1.165, 1.54) is 10.8 Å². The van der Waals surface area contributed by atoms with Crippen LogP contribution in [0.1, 0.15) is 23.6 Å². The van der Waals surface area contributed by atoms with Crippen molar-refractivity contribution in [3.63, 3.8) is 0 Å². The van der Waals surface area contributed by atoms with Gasteiger partial charge in [0.1, 0.15) is 12.4 Å². The predicted octanol–water partition coefficient (Wildman–Crippen LogP) is 7.09. The number of benzene rings is 4. The topological polar surface area (TPSA) is 29.5 Å². The summed E-state index contributed by atoms with van der Waals surface area (Å²) >= 11 is 3.63. The van der Waals surface area contributed by atoms with Crippen molar-refractivity contribution >= 4 is 49.9 Å². The van der Waals surface area contributed by atoms with Gasteiger partial charge in [0.25, 0.3) is 5.91 Å². The van der Waals surface area contributed by atoms with E-state index in [0.29, 0.717) is 13.2 Å². The van der Waals surface area contributed by atoms with Gasteiger partial charge in [-0.2, -0.15) is 0 Å². The van der Waals surface area contributed by atoms with Gasteiger partial charge in [0, 0.05) is 17.7 Å². The summed E-state index contributed by atoms with van der Waals surface area (Å²) in [6, 6.07) is 28.5. The van der Waals surface area contributed by atoms with E-state index in [9.17, 15) is 4.79 Å². The number of halogens is 1. The molecule has 0 saturated carbocycles. The highest BCUT2D eigenvalue weighted by Crippen LogP contribution is 2.38.